The van der Waals surface area contributed by atoms with Crippen LogP contribution in [-0.2, 0) is 0 Å². The van der Waals surface area contributed by atoms with Gasteiger partial charge in [0.15, 0.2) is 11.6 Å². The van der Waals surface area contributed by atoms with Gasteiger partial charge in [0.2, 0.25) is 0 Å². The van der Waals surface area contributed by atoms with Crippen molar-refractivity contribution in [2.24, 2.45) is 0 Å². The molecule has 2 rings (SSSR count). The zero-order valence-electron chi connectivity index (χ0n) is 9.73. The Labute approximate surface area is 110 Å². The van der Waals surface area contributed by atoms with E-state index in [0.717, 1.165) is 0 Å². The molecule has 0 aliphatic carbocycles. The first-order valence-corrected chi connectivity index (χ1v) is 5.85. The molecule has 0 radical (unpaired) electrons. The highest BCUT2D eigenvalue weighted by atomic mass is 35.5. The fourth-order valence-electron chi connectivity index (χ4n) is 1.51. The van der Waals surface area contributed by atoms with Crippen LogP contribution in [0, 0.1) is 5.82 Å². The van der Waals surface area contributed by atoms with E-state index < -0.39 is 11.9 Å². The van der Waals surface area contributed by atoms with E-state index in [4.69, 9.17) is 16.3 Å². The van der Waals surface area contributed by atoms with Crippen LogP contribution in [0.15, 0.2) is 42.5 Å². The summed E-state index contributed by atoms with van der Waals surface area (Å²) in [5, 5.41) is 9.74. The van der Waals surface area contributed by atoms with Crippen molar-refractivity contribution in [2.45, 2.75) is 13.0 Å². The third-order valence-electron chi connectivity index (χ3n) is 2.49. The second-order valence-corrected chi connectivity index (χ2v) is 4.31. The van der Waals surface area contributed by atoms with Crippen molar-refractivity contribution >= 4 is 11.6 Å². The van der Waals surface area contributed by atoms with E-state index in [1.54, 1.807) is 37.3 Å². The minimum atomic E-state index is -0.606. The van der Waals surface area contributed by atoms with Gasteiger partial charge >= 0.3 is 0 Å². The van der Waals surface area contributed by atoms with E-state index in [9.17, 15) is 9.50 Å². The molecule has 94 valence electrons. The molecular weight excluding hydrogens is 255 g/mol. The van der Waals surface area contributed by atoms with Crippen LogP contribution in [0.5, 0.6) is 11.5 Å². The van der Waals surface area contributed by atoms with Crippen LogP contribution in [-0.4, -0.2) is 5.11 Å². The largest absolute Gasteiger partial charge is 0.453 e. The highest BCUT2D eigenvalue weighted by Crippen LogP contribution is 2.32. The molecule has 1 unspecified atom stereocenters. The Balaban J connectivity index is 2.28. The standard InChI is InChI=1S/C14H12ClFO2/c1-9(17)10-6-7-13(11(15)8-10)18-14-5-3-2-4-12(14)16/h2-9,17H,1H3. The number of ether oxygens (including phenoxy) is 1. The van der Waals surface area contributed by atoms with Gasteiger partial charge in [-0.3, -0.25) is 0 Å². The molecule has 0 spiro atoms. The van der Waals surface area contributed by atoms with Crippen molar-refractivity contribution < 1.29 is 14.2 Å². The molecule has 0 bridgehead atoms. The second kappa shape index (κ2) is 5.38. The zero-order valence-corrected chi connectivity index (χ0v) is 10.5. The highest BCUT2D eigenvalue weighted by Gasteiger charge is 2.09. The molecule has 0 aliphatic heterocycles. The Morgan fingerprint density at radius 3 is 2.50 bits per heavy atom. The zero-order chi connectivity index (χ0) is 13.1. The lowest BCUT2D eigenvalue weighted by Gasteiger charge is -2.10. The molecule has 0 amide bonds. The van der Waals surface area contributed by atoms with E-state index in [-0.39, 0.29) is 5.75 Å². The number of para-hydroxylation sites is 1. The fraction of sp³-hybridized carbons (Fsp3) is 0.143. The van der Waals surface area contributed by atoms with Crippen LogP contribution < -0.4 is 4.74 Å². The number of benzene rings is 2. The Hall–Kier alpha value is -1.58. The summed E-state index contributed by atoms with van der Waals surface area (Å²) >= 11 is 6.02. The smallest absolute Gasteiger partial charge is 0.165 e. The van der Waals surface area contributed by atoms with Crippen molar-refractivity contribution in [2.75, 3.05) is 0 Å². The molecule has 4 heteroatoms. The summed E-state index contributed by atoms with van der Waals surface area (Å²) in [5.74, 6) is 0.0172. The molecule has 1 atom stereocenters. The lowest BCUT2D eigenvalue weighted by molar-refractivity contribution is 0.199. The predicted octanol–water partition coefficient (Wildman–Crippen LogP) is 4.32. The Kier molecular flexibility index (Phi) is 3.84. The number of aliphatic hydroxyl groups excluding tert-OH is 1. The van der Waals surface area contributed by atoms with Crippen LogP contribution in [0.3, 0.4) is 0 Å². The maximum Gasteiger partial charge on any atom is 0.165 e. The molecule has 0 aliphatic rings. The van der Waals surface area contributed by atoms with Gasteiger partial charge < -0.3 is 9.84 Å². The van der Waals surface area contributed by atoms with Crippen molar-refractivity contribution in [3.05, 3.63) is 58.9 Å². The first-order chi connectivity index (χ1) is 8.58. The van der Waals surface area contributed by atoms with Gasteiger partial charge in [0.05, 0.1) is 11.1 Å². The summed E-state index contributed by atoms with van der Waals surface area (Å²) < 4.78 is 18.8. The third-order valence-corrected chi connectivity index (χ3v) is 2.79. The molecule has 2 aromatic rings. The lowest BCUT2D eigenvalue weighted by Crippen LogP contribution is -1.93. The van der Waals surface area contributed by atoms with Gasteiger partial charge in [-0.15, -0.1) is 0 Å². The van der Waals surface area contributed by atoms with Gasteiger partial charge in [0.25, 0.3) is 0 Å². The first-order valence-electron chi connectivity index (χ1n) is 5.48. The van der Waals surface area contributed by atoms with Crippen LogP contribution in [0.2, 0.25) is 5.02 Å². The Bertz CT molecular complexity index is 555. The van der Waals surface area contributed by atoms with Crippen molar-refractivity contribution in [1.82, 2.24) is 0 Å². The van der Waals surface area contributed by atoms with Crippen LogP contribution >= 0.6 is 11.6 Å². The van der Waals surface area contributed by atoms with Crippen molar-refractivity contribution in [3.63, 3.8) is 0 Å². The van der Waals surface area contributed by atoms with E-state index in [1.165, 1.54) is 12.1 Å². The van der Waals surface area contributed by atoms with Gasteiger partial charge in [-0.2, -0.15) is 0 Å². The summed E-state index contributed by atoms with van der Waals surface area (Å²) in [6.07, 6.45) is -0.606. The average molecular weight is 267 g/mol. The summed E-state index contributed by atoms with van der Waals surface area (Å²) in [4.78, 5) is 0. The van der Waals surface area contributed by atoms with Crippen molar-refractivity contribution in [3.8, 4) is 11.5 Å². The topological polar surface area (TPSA) is 29.5 Å². The third kappa shape index (κ3) is 2.81. The highest BCUT2D eigenvalue weighted by molar-refractivity contribution is 6.32. The van der Waals surface area contributed by atoms with Crippen LogP contribution in [0.1, 0.15) is 18.6 Å². The fourth-order valence-corrected chi connectivity index (χ4v) is 1.73. The molecule has 2 aromatic carbocycles. The molecule has 0 heterocycles. The SMILES string of the molecule is CC(O)c1ccc(Oc2ccccc2F)c(Cl)c1. The monoisotopic (exact) mass is 266 g/mol. The maximum atomic E-state index is 13.4. The summed E-state index contributed by atoms with van der Waals surface area (Å²) in [7, 11) is 0. The molecular formula is C14H12ClFO2. The van der Waals surface area contributed by atoms with Crippen molar-refractivity contribution in [1.29, 1.82) is 0 Å². The number of hydrogen-bond donors (Lipinski definition) is 1. The van der Waals surface area contributed by atoms with Gasteiger partial charge in [-0.1, -0.05) is 29.8 Å². The number of hydrogen-bond acceptors (Lipinski definition) is 2. The molecule has 2 nitrogen and oxygen atoms in total. The number of halogens is 2. The molecule has 0 aromatic heterocycles. The quantitative estimate of drug-likeness (QED) is 0.896. The number of rotatable bonds is 3. The minimum Gasteiger partial charge on any atom is -0.453 e. The van der Waals surface area contributed by atoms with Gasteiger partial charge in [-0.05, 0) is 36.8 Å². The first kappa shape index (κ1) is 12.9. The second-order valence-electron chi connectivity index (χ2n) is 3.90. The predicted molar refractivity (Wildman–Crippen MR) is 68.6 cm³/mol. The number of aliphatic hydroxyl groups is 1. The summed E-state index contributed by atoms with van der Waals surface area (Å²) in [5.41, 5.74) is 0.681. The van der Waals surface area contributed by atoms with Crippen LogP contribution in [0.25, 0.3) is 0 Å². The molecule has 18 heavy (non-hydrogen) atoms. The van der Waals surface area contributed by atoms with Gasteiger partial charge in [-0.25, -0.2) is 4.39 Å². The summed E-state index contributed by atoms with van der Waals surface area (Å²) in [6.45, 7) is 1.64. The van der Waals surface area contributed by atoms with Crippen LogP contribution in [0.4, 0.5) is 4.39 Å². The van der Waals surface area contributed by atoms with Gasteiger partial charge in [0.1, 0.15) is 5.75 Å². The average Bonchev–Trinajstić information content (AvgIpc) is 2.34. The maximum absolute atomic E-state index is 13.4. The van der Waals surface area contributed by atoms with Gasteiger partial charge in [0, 0.05) is 0 Å². The van der Waals surface area contributed by atoms with E-state index in [2.05, 4.69) is 0 Å². The Morgan fingerprint density at radius 2 is 1.89 bits per heavy atom. The molecule has 1 N–H and O–H groups in total. The molecule has 0 fully saturated rings. The molecule has 0 saturated heterocycles. The van der Waals surface area contributed by atoms with E-state index in [1.807, 2.05) is 0 Å². The lowest BCUT2D eigenvalue weighted by atomic mass is 10.1. The minimum absolute atomic E-state index is 0.115. The van der Waals surface area contributed by atoms with E-state index >= 15 is 0 Å². The molecule has 0 saturated carbocycles. The summed E-state index contributed by atoms with van der Waals surface area (Å²) in [6, 6.07) is 11.0. The normalized spacial score (nSPS) is 12.2. The Morgan fingerprint density at radius 1 is 1.17 bits per heavy atom. The van der Waals surface area contributed by atoms with E-state index in [0.29, 0.717) is 16.3 Å².